The van der Waals surface area contributed by atoms with Crippen molar-refractivity contribution >= 4 is 0 Å². The SMILES string of the molecule is CCn1nc(CNC[C@H](C)O)c(-c2ccccc2)n1. The van der Waals surface area contributed by atoms with Gasteiger partial charge in [0.15, 0.2) is 0 Å². The van der Waals surface area contributed by atoms with E-state index in [4.69, 9.17) is 0 Å². The van der Waals surface area contributed by atoms with Crippen LogP contribution in [0.25, 0.3) is 11.3 Å². The molecule has 0 unspecified atom stereocenters. The van der Waals surface area contributed by atoms with E-state index in [-0.39, 0.29) is 6.10 Å². The van der Waals surface area contributed by atoms with E-state index in [2.05, 4.69) is 15.5 Å². The Balaban J connectivity index is 2.19. The maximum atomic E-state index is 9.26. The summed E-state index contributed by atoms with van der Waals surface area (Å²) in [6.07, 6.45) is -0.360. The van der Waals surface area contributed by atoms with Crippen molar-refractivity contribution < 1.29 is 5.11 Å². The van der Waals surface area contributed by atoms with E-state index in [1.165, 1.54) is 0 Å². The highest BCUT2D eigenvalue weighted by atomic mass is 16.3. The Hall–Kier alpha value is -1.72. The molecule has 0 aliphatic heterocycles. The molecule has 0 amide bonds. The number of aromatic nitrogens is 3. The van der Waals surface area contributed by atoms with Crippen molar-refractivity contribution in [2.45, 2.75) is 33.0 Å². The van der Waals surface area contributed by atoms with E-state index in [9.17, 15) is 5.11 Å². The van der Waals surface area contributed by atoms with E-state index in [1.807, 2.05) is 37.3 Å². The van der Waals surface area contributed by atoms with Gasteiger partial charge in [-0.05, 0) is 13.8 Å². The zero-order valence-electron chi connectivity index (χ0n) is 11.4. The molecule has 0 bridgehead atoms. The van der Waals surface area contributed by atoms with Gasteiger partial charge in [0.25, 0.3) is 0 Å². The number of nitrogens with one attached hydrogen (secondary N) is 1. The molecule has 5 heteroatoms. The van der Waals surface area contributed by atoms with Crippen LogP contribution in [0.5, 0.6) is 0 Å². The Morgan fingerprint density at radius 3 is 2.63 bits per heavy atom. The van der Waals surface area contributed by atoms with Crippen molar-refractivity contribution in [2.75, 3.05) is 6.54 Å². The Morgan fingerprint density at radius 2 is 2.00 bits per heavy atom. The van der Waals surface area contributed by atoms with Gasteiger partial charge in [-0.25, -0.2) is 0 Å². The molecule has 19 heavy (non-hydrogen) atoms. The first-order valence-electron chi connectivity index (χ1n) is 6.59. The maximum absolute atomic E-state index is 9.26. The van der Waals surface area contributed by atoms with Crippen LogP contribution in [-0.4, -0.2) is 32.7 Å². The lowest BCUT2D eigenvalue weighted by molar-refractivity contribution is 0.191. The molecular formula is C14H20N4O. The average molecular weight is 260 g/mol. The summed E-state index contributed by atoms with van der Waals surface area (Å²) in [6, 6.07) is 10.0. The molecule has 2 N–H and O–H groups in total. The van der Waals surface area contributed by atoms with Crippen LogP contribution in [0.1, 0.15) is 19.5 Å². The molecule has 1 aromatic heterocycles. The van der Waals surface area contributed by atoms with Gasteiger partial charge >= 0.3 is 0 Å². The summed E-state index contributed by atoms with van der Waals surface area (Å²) in [7, 11) is 0. The molecule has 0 fully saturated rings. The molecule has 1 aromatic carbocycles. The number of nitrogens with zero attached hydrogens (tertiary/aromatic N) is 3. The second-order valence-electron chi connectivity index (χ2n) is 4.53. The van der Waals surface area contributed by atoms with Crippen LogP contribution in [0.2, 0.25) is 0 Å². The van der Waals surface area contributed by atoms with Crippen LogP contribution in [0, 0.1) is 0 Å². The van der Waals surface area contributed by atoms with Crippen LogP contribution < -0.4 is 5.32 Å². The lowest BCUT2D eigenvalue weighted by atomic mass is 10.1. The molecule has 5 nitrogen and oxygen atoms in total. The largest absolute Gasteiger partial charge is 0.392 e. The predicted octanol–water partition coefficient (Wildman–Crippen LogP) is 1.44. The van der Waals surface area contributed by atoms with E-state index in [0.717, 1.165) is 23.5 Å². The van der Waals surface area contributed by atoms with E-state index in [0.29, 0.717) is 13.1 Å². The first-order valence-corrected chi connectivity index (χ1v) is 6.59. The smallest absolute Gasteiger partial charge is 0.117 e. The number of aryl methyl sites for hydroxylation is 1. The van der Waals surface area contributed by atoms with Gasteiger partial charge < -0.3 is 10.4 Å². The molecular weight excluding hydrogens is 240 g/mol. The fourth-order valence-electron chi connectivity index (χ4n) is 1.86. The molecule has 0 saturated carbocycles. The van der Waals surface area contributed by atoms with E-state index < -0.39 is 0 Å². The second-order valence-corrected chi connectivity index (χ2v) is 4.53. The van der Waals surface area contributed by atoms with Gasteiger partial charge in [0.1, 0.15) is 11.4 Å². The number of aliphatic hydroxyl groups is 1. The van der Waals surface area contributed by atoms with Crippen molar-refractivity contribution in [3.05, 3.63) is 36.0 Å². The monoisotopic (exact) mass is 260 g/mol. The van der Waals surface area contributed by atoms with Crippen LogP contribution in [-0.2, 0) is 13.1 Å². The number of aliphatic hydroxyl groups excluding tert-OH is 1. The third-order valence-corrected chi connectivity index (χ3v) is 2.79. The number of rotatable bonds is 6. The van der Waals surface area contributed by atoms with E-state index in [1.54, 1.807) is 11.7 Å². The van der Waals surface area contributed by atoms with Crippen LogP contribution >= 0.6 is 0 Å². The third-order valence-electron chi connectivity index (χ3n) is 2.79. The van der Waals surface area contributed by atoms with Gasteiger partial charge in [0.2, 0.25) is 0 Å². The number of hydrogen-bond donors (Lipinski definition) is 2. The molecule has 1 atom stereocenters. The minimum Gasteiger partial charge on any atom is -0.392 e. The normalized spacial score (nSPS) is 12.6. The number of benzene rings is 1. The summed E-state index contributed by atoms with van der Waals surface area (Å²) in [5, 5.41) is 21.4. The minimum absolute atomic E-state index is 0.360. The van der Waals surface area contributed by atoms with Gasteiger partial charge in [-0.1, -0.05) is 30.3 Å². The van der Waals surface area contributed by atoms with Crippen molar-refractivity contribution in [3.8, 4) is 11.3 Å². The Labute approximate surface area is 113 Å². The first kappa shape index (κ1) is 13.7. The summed E-state index contributed by atoms with van der Waals surface area (Å²) < 4.78 is 0. The molecule has 102 valence electrons. The zero-order chi connectivity index (χ0) is 13.7. The van der Waals surface area contributed by atoms with Crippen molar-refractivity contribution in [1.82, 2.24) is 20.3 Å². The van der Waals surface area contributed by atoms with E-state index >= 15 is 0 Å². The van der Waals surface area contributed by atoms with Gasteiger partial charge in [0.05, 0.1) is 12.6 Å². The van der Waals surface area contributed by atoms with Gasteiger partial charge in [0, 0.05) is 18.7 Å². The molecule has 2 aromatic rings. The van der Waals surface area contributed by atoms with Crippen LogP contribution in [0.15, 0.2) is 30.3 Å². The second kappa shape index (κ2) is 6.45. The zero-order valence-corrected chi connectivity index (χ0v) is 11.4. The van der Waals surface area contributed by atoms with Crippen LogP contribution in [0.3, 0.4) is 0 Å². The maximum Gasteiger partial charge on any atom is 0.117 e. The summed E-state index contributed by atoms with van der Waals surface area (Å²) in [6.45, 7) is 5.67. The quantitative estimate of drug-likeness (QED) is 0.825. The summed E-state index contributed by atoms with van der Waals surface area (Å²) in [5.74, 6) is 0. The highest BCUT2D eigenvalue weighted by molar-refractivity contribution is 5.60. The standard InChI is InChI=1S/C14H20N4O/c1-3-18-16-13(10-15-9-11(2)19)14(17-18)12-7-5-4-6-8-12/h4-8,11,15,19H,3,9-10H2,1-2H3/t11-/m0/s1. The highest BCUT2D eigenvalue weighted by Gasteiger charge is 2.12. The topological polar surface area (TPSA) is 63.0 Å². The summed E-state index contributed by atoms with van der Waals surface area (Å²) in [4.78, 5) is 1.70. The molecule has 2 rings (SSSR count). The van der Waals surface area contributed by atoms with Crippen molar-refractivity contribution in [2.24, 2.45) is 0 Å². The molecule has 1 heterocycles. The summed E-state index contributed by atoms with van der Waals surface area (Å²) >= 11 is 0. The minimum atomic E-state index is -0.360. The Bertz CT molecular complexity index is 507. The lowest BCUT2D eigenvalue weighted by Crippen LogP contribution is -2.24. The molecule has 0 saturated heterocycles. The van der Waals surface area contributed by atoms with Gasteiger partial charge in [-0.3, -0.25) is 0 Å². The highest BCUT2D eigenvalue weighted by Crippen LogP contribution is 2.19. The summed E-state index contributed by atoms with van der Waals surface area (Å²) in [5.41, 5.74) is 2.88. The third kappa shape index (κ3) is 3.62. The Kier molecular flexibility index (Phi) is 4.65. The van der Waals surface area contributed by atoms with Crippen LogP contribution in [0.4, 0.5) is 0 Å². The molecule has 0 radical (unpaired) electrons. The fraction of sp³-hybridized carbons (Fsp3) is 0.429. The van der Waals surface area contributed by atoms with Gasteiger partial charge in [-0.2, -0.15) is 15.0 Å². The average Bonchev–Trinajstić information content (AvgIpc) is 2.83. The fourth-order valence-corrected chi connectivity index (χ4v) is 1.86. The molecule has 0 aliphatic carbocycles. The molecule has 0 spiro atoms. The number of hydrogen-bond acceptors (Lipinski definition) is 4. The van der Waals surface area contributed by atoms with Crippen molar-refractivity contribution in [1.29, 1.82) is 0 Å². The predicted molar refractivity (Wildman–Crippen MR) is 74.5 cm³/mol. The Morgan fingerprint density at radius 1 is 1.26 bits per heavy atom. The lowest BCUT2D eigenvalue weighted by Gasteiger charge is -2.05. The van der Waals surface area contributed by atoms with Gasteiger partial charge in [-0.15, -0.1) is 0 Å². The first-order chi connectivity index (χ1) is 9.20. The molecule has 0 aliphatic rings. The van der Waals surface area contributed by atoms with Crippen molar-refractivity contribution in [3.63, 3.8) is 0 Å².